The summed E-state index contributed by atoms with van der Waals surface area (Å²) in [5.41, 5.74) is 2.11. The number of sulfonamides is 1. The summed E-state index contributed by atoms with van der Waals surface area (Å²) in [6.07, 6.45) is 0. The van der Waals surface area contributed by atoms with Crippen molar-refractivity contribution in [2.45, 2.75) is 11.6 Å². The Bertz CT molecular complexity index is 1620. The van der Waals surface area contributed by atoms with Crippen molar-refractivity contribution in [2.75, 3.05) is 32.8 Å². The third kappa shape index (κ3) is 5.03. The lowest BCUT2D eigenvalue weighted by Crippen LogP contribution is -2.50. The number of hydrogen-bond acceptors (Lipinski definition) is 6. The number of piperazine rings is 1. The number of nitrogens with zero attached hydrogens (tertiary/aromatic N) is 4. The van der Waals surface area contributed by atoms with Gasteiger partial charge in [0.25, 0.3) is 21.5 Å². The van der Waals surface area contributed by atoms with Gasteiger partial charge in [-0.1, -0.05) is 23.7 Å². The lowest BCUT2D eigenvalue weighted by Gasteiger charge is -2.33. The maximum Gasteiger partial charge on any atom is 0.266 e. The first-order valence-electron chi connectivity index (χ1n) is 11.6. The summed E-state index contributed by atoms with van der Waals surface area (Å²) in [5, 5.41) is 14.7. The number of carbonyl (C=O) groups excluding carboxylic acids is 1. The molecule has 10 nitrogen and oxygen atoms in total. The first-order valence-corrected chi connectivity index (χ1v) is 13.5. The second kappa shape index (κ2) is 10.1. The number of hydrogen-bond donors (Lipinski definition) is 2. The maximum atomic E-state index is 13.2. The van der Waals surface area contributed by atoms with Gasteiger partial charge in [-0.15, -0.1) is 0 Å². The van der Waals surface area contributed by atoms with Crippen molar-refractivity contribution < 1.29 is 18.3 Å². The molecule has 2 aromatic heterocycles. The fourth-order valence-electron chi connectivity index (χ4n) is 4.31. The van der Waals surface area contributed by atoms with E-state index in [2.05, 4.69) is 10.1 Å². The normalized spacial score (nSPS) is 14.8. The van der Waals surface area contributed by atoms with Crippen molar-refractivity contribution >= 4 is 38.4 Å². The Hall–Kier alpha value is -3.51. The standard InChI is InChI=1S/C25H24ClN5O5S/c26-20-5-6-21-19(15-20)16-23(27-21)37(35,36)30-11-9-29(10-12-30)25(34)18-3-1-17(2-4-18)22-7-8-24(33)31(28-22)13-14-32/h1-8,15-16,27,32H,9-14H2. The molecule has 1 aliphatic heterocycles. The van der Waals surface area contributed by atoms with E-state index >= 15 is 0 Å². The third-order valence-electron chi connectivity index (χ3n) is 6.31. The van der Waals surface area contributed by atoms with Gasteiger partial charge >= 0.3 is 0 Å². The summed E-state index contributed by atoms with van der Waals surface area (Å²) < 4.78 is 28.9. The molecule has 0 spiro atoms. The van der Waals surface area contributed by atoms with E-state index in [1.165, 1.54) is 15.1 Å². The van der Waals surface area contributed by atoms with Gasteiger partial charge in [-0.25, -0.2) is 13.1 Å². The van der Waals surface area contributed by atoms with Crippen molar-refractivity contribution in [2.24, 2.45) is 0 Å². The number of aromatic nitrogens is 3. The molecule has 1 aliphatic rings. The number of nitrogens with one attached hydrogen (secondary N) is 1. The highest BCUT2D eigenvalue weighted by molar-refractivity contribution is 7.89. The molecule has 1 saturated heterocycles. The lowest BCUT2D eigenvalue weighted by molar-refractivity contribution is 0.0698. The largest absolute Gasteiger partial charge is 0.394 e. The van der Waals surface area contributed by atoms with Gasteiger partial charge in [0.1, 0.15) is 5.03 Å². The van der Waals surface area contributed by atoms with Crippen molar-refractivity contribution in [1.82, 2.24) is 24.0 Å². The SMILES string of the molecule is O=C(c1ccc(-c2ccc(=O)n(CCO)n2)cc1)N1CCN(S(=O)(=O)c2cc3cc(Cl)ccc3[nH]2)CC1. The molecular formula is C25H24ClN5O5S. The lowest BCUT2D eigenvalue weighted by atomic mass is 10.1. The molecule has 1 fully saturated rings. The highest BCUT2D eigenvalue weighted by Gasteiger charge is 2.31. The molecule has 5 rings (SSSR count). The fraction of sp³-hybridized carbons (Fsp3) is 0.240. The van der Waals surface area contributed by atoms with Gasteiger partial charge in [-0.3, -0.25) is 9.59 Å². The van der Waals surface area contributed by atoms with Crippen LogP contribution in [0.5, 0.6) is 0 Å². The Labute approximate surface area is 217 Å². The number of amides is 1. The minimum absolute atomic E-state index is 0.0964. The average Bonchev–Trinajstić information content (AvgIpc) is 3.34. The second-order valence-corrected chi connectivity index (χ2v) is 11.0. The highest BCUT2D eigenvalue weighted by Crippen LogP contribution is 2.25. The van der Waals surface area contributed by atoms with Crippen molar-refractivity contribution in [3.8, 4) is 11.3 Å². The first kappa shape index (κ1) is 25.2. The van der Waals surface area contributed by atoms with Crippen LogP contribution in [0.15, 0.2) is 70.5 Å². The molecular weight excluding hydrogens is 518 g/mol. The smallest absolute Gasteiger partial charge is 0.266 e. The molecule has 3 heterocycles. The number of H-pyrrole nitrogens is 1. The van der Waals surface area contributed by atoms with E-state index in [9.17, 15) is 18.0 Å². The van der Waals surface area contributed by atoms with Crippen LogP contribution in [0.25, 0.3) is 22.2 Å². The predicted octanol–water partition coefficient (Wildman–Crippen LogP) is 2.18. The number of aliphatic hydroxyl groups excluding tert-OH is 1. The van der Waals surface area contributed by atoms with E-state index in [4.69, 9.17) is 16.7 Å². The van der Waals surface area contributed by atoms with Crippen LogP contribution >= 0.6 is 11.6 Å². The molecule has 0 aliphatic carbocycles. The van der Waals surface area contributed by atoms with Crippen LogP contribution < -0.4 is 5.56 Å². The monoisotopic (exact) mass is 541 g/mol. The summed E-state index contributed by atoms with van der Waals surface area (Å²) in [7, 11) is -3.75. The van der Waals surface area contributed by atoms with E-state index in [1.54, 1.807) is 59.5 Å². The third-order valence-corrected chi connectivity index (χ3v) is 8.36. The number of carbonyl (C=O) groups is 1. The highest BCUT2D eigenvalue weighted by atomic mass is 35.5. The van der Waals surface area contributed by atoms with Gasteiger partial charge in [-0.05, 0) is 42.5 Å². The Morgan fingerprint density at radius 1 is 1.00 bits per heavy atom. The van der Waals surface area contributed by atoms with Crippen LogP contribution in [0.1, 0.15) is 10.4 Å². The Morgan fingerprint density at radius 3 is 2.43 bits per heavy atom. The average molecular weight is 542 g/mol. The Morgan fingerprint density at radius 2 is 1.73 bits per heavy atom. The number of benzene rings is 2. The molecule has 0 radical (unpaired) electrons. The number of rotatable bonds is 6. The fourth-order valence-corrected chi connectivity index (χ4v) is 5.93. The van der Waals surface area contributed by atoms with Gasteiger partial charge in [0.15, 0.2) is 0 Å². The van der Waals surface area contributed by atoms with Gasteiger partial charge < -0.3 is 15.0 Å². The zero-order valence-electron chi connectivity index (χ0n) is 19.7. The minimum Gasteiger partial charge on any atom is -0.394 e. The van der Waals surface area contributed by atoms with E-state index in [0.29, 0.717) is 27.2 Å². The minimum atomic E-state index is -3.75. The van der Waals surface area contributed by atoms with Gasteiger partial charge in [-0.2, -0.15) is 9.40 Å². The zero-order valence-corrected chi connectivity index (χ0v) is 21.2. The van der Waals surface area contributed by atoms with Crippen LogP contribution in [0, 0.1) is 0 Å². The molecule has 2 aromatic carbocycles. The van der Waals surface area contributed by atoms with Crippen molar-refractivity contribution in [3.05, 3.63) is 81.6 Å². The van der Waals surface area contributed by atoms with Crippen molar-refractivity contribution in [3.63, 3.8) is 0 Å². The number of aromatic amines is 1. The van der Waals surface area contributed by atoms with E-state index in [-0.39, 0.29) is 55.8 Å². The van der Waals surface area contributed by atoms with Crippen LogP contribution in [0.3, 0.4) is 0 Å². The van der Waals surface area contributed by atoms with E-state index in [1.807, 2.05) is 0 Å². The van der Waals surface area contributed by atoms with Crippen LogP contribution in [-0.4, -0.2) is 76.2 Å². The summed E-state index contributed by atoms with van der Waals surface area (Å²) in [6.45, 7) is 0.783. The number of halogens is 1. The molecule has 192 valence electrons. The number of aliphatic hydroxyl groups is 1. The van der Waals surface area contributed by atoms with Gasteiger partial charge in [0.2, 0.25) is 0 Å². The Balaban J connectivity index is 1.25. The summed E-state index contributed by atoms with van der Waals surface area (Å²) in [4.78, 5) is 29.5. The van der Waals surface area contributed by atoms with Gasteiger partial charge in [0, 0.05) is 59.3 Å². The topological polar surface area (TPSA) is 129 Å². The molecule has 37 heavy (non-hydrogen) atoms. The molecule has 0 saturated carbocycles. The molecule has 0 bridgehead atoms. The van der Waals surface area contributed by atoms with E-state index in [0.717, 1.165) is 5.56 Å². The molecule has 0 atom stereocenters. The molecule has 12 heteroatoms. The van der Waals surface area contributed by atoms with Crippen LogP contribution in [0.2, 0.25) is 5.02 Å². The quantitative estimate of drug-likeness (QED) is 0.385. The molecule has 1 amide bonds. The molecule has 4 aromatic rings. The maximum absolute atomic E-state index is 13.2. The van der Waals surface area contributed by atoms with E-state index < -0.39 is 10.0 Å². The first-order chi connectivity index (χ1) is 17.8. The number of fused-ring (bicyclic) bond motifs is 1. The predicted molar refractivity (Wildman–Crippen MR) is 139 cm³/mol. The second-order valence-electron chi connectivity index (χ2n) is 8.64. The Kier molecular flexibility index (Phi) is 6.86. The summed E-state index contributed by atoms with van der Waals surface area (Å²) in [6, 6.07) is 16.5. The molecule has 2 N–H and O–H groups in total. The summed E-state index contributed by atoms with van der Waals surface area (Å²) in [5.74, 6) is -0.193. The van der Waals surface area contributed by atoms with Crippen LogP contribution in [0.4, 0.5) is 0 Å². The van der Waals surface area contributed by atoms with Crippen molar-refractivity contribution in [1.29, 1.82) is 0 Å². The van der Waals surface area contributed by atoms with Crippen LogP contribution in [-0.2, 0) is 16.6 Å². The summed E-state index contributed by atoms with van der Waals surface area (Å²) >= 11 is 6.02. The zero-order chi connectivity index (χ0) is 26.2. The van der Waals surface area contributed by atoms with Gasteiger partial charge in [0.05, 0.1) is 18.8 Å². The molecule has 0 unspecified atom stereocenters.